The van der Waals surface area contributed by atoms with Crippen LogP contribution in [0.4, 0.5) is 5.82 Å². The molecule has 0 aliphatic heterocycles. The lowest BCUT2D eigenvalue weighted by atomic mass is 10.2. The molecule has 21 heavy (non-hydrogen) atoms. The van der Waals surface area contributed by atoms with Crippen LogP contribution in [0.3, 0.4) is 0 Å². The van der Waals surface area contributed by atoms with E-state index in [1.807, 2.05) is 61.5 Å². The number of hydrogen-bond donors (Lipinski definition) is 1. The van der Waals surface area contributed by atoms with E-state index in [0.29, 0.717) is 17.5 Å². The first-order valence-electron chi connectivity index (χ1n) is 6.66. The summed E-state index contributed by atoms with van der Waals surface area (Å²) in [5.41, 5.74) is 7.80. The van der Waals surface area contributed by atoms with Crippen molar-refractivity contribution in [2.45, 2.75) is 6.92 Å². The van der Waals surface area contributed by atoms with Gasteiger partial charge in [-0.2, -0.15) is 4.98 Å². The van der Waals surface area contributed by atoms with Crippen molar-refractivity contribution in [1.29, 1.82) is 0 Å². The standard InChI is InChI=1S/C17H15N3O/c1-12-7-5-6-10-14(12)21-16-11-15(18)19-17(20-16)13-8-3-2-4-9-13/h2-11H,1H3,(H2,18,19,20). The smallest absolute Gasteiger partial charge is 0.224 e. The lowest BCUT2D eigenvalue weighted by Crippen LogP contribution is -1.99. The molecule has 1 aromatic heterocycles. The van der Waals surface area contributed by atoms with Crippen molar-refractivity contribution < 1.29 is 4.74 Å². The van der Waals surface area contributed by atoms with Crippen molar-refractivity contribution in [3.05, 3.63) is 66.2 Å². The van der Waals surface area contributed by atoms with Crippen LogP contribution >= 0.6 is 0 Å². The van der Waals surface area contributed by atoms with Gasteiger partial charge in [0.15, 0.2) is 5.82 Å². The Labute approximate surface area is 123 Å². The van der Waals surface area contributed by atoms with Gasteiger partial charge in [-0.25, -0.2) is 4.98 Å². The Hall–Kier alpha value is -2.88. The number of ether oxygens (including phenoxy) is 1. The SMILES string of the molecule is Cc1ccccc1Oc1cc(N)nc(-c2ccccc2)n1. The molecule has 0 unspecified atom stereocenters. The van der Waals surface area contributed by atoms with E-state index in [4.69, 9.17) is 10.5 Å². The van der Waals surface area contributed by atoms with Gasteiger partial charge in [0, 0.05) is 11.6 Å². The molecule has 1 heterocycles. The van der Waals surface area contributed by atoms with Crippen molar-refractivity contribution in [2.24, 2.45) is 0 Å². The summed E-state index contributed by atoms with van der Waals surface area (Å²) in [5.74, 6) is 2.14. The highest BCUT2D eigenvalue weighted by Gasteiger charge is 2.08. The fourth-order valence-corrected chi connectivity index (χ4v) is 1.99. The second kappa shape index (κ2) is 5.63. The number of benzene rings is 2. The number of aryl methyl sites for hydroxylation is 1. The Morgan fingerprint density at radius 3 is 2.38 bits per heavy atom. The maximum Gasteiger partial charge on any atom is 0.224 e. The third-order valence-corrected chi connectivity index (χ3v) is 3.06. The average Bonchev–Trinajstić information content (AvgIpc) is 2.50. The normalized spacial score (nSPS) is 10.3. The van der Waals surface area contributed by atoms with Gasteiger partial charge >= 0.3 is 0 Å². The van der Waals surface area contributed by atoms with Gasteiger partial charge in [0.1, 0.15) is 11.6 Å². The Balaban J connectivity index is 1.97. The lowest BCUT2D eigenvalue weighted by Gasteiger charge is -2.09. The third kappa shape index (κ3) is 3.00. The molecule has 0 aliphatic rings. The van der Waals surface area contributed by atoms with Crippen LogP contribution in [-0.2, 0) is 0 Å². The van der Waals surface area contributed by atoms with Gasteiger partial charge in [-0.15, -0.1) is 0 Å². The molecular weight excluding hydrogens is 262 g/mol. The van der Waals surface area contributed by atoms with E-state index in [1.165, 1.54) is 0 Å². The van der Waals surface area contributed by atoms with Gasteiger partial charge in [0.05, 0.1) is 0 Å². The van der Waals surface area contributed by atoms with Crippen LogP contribution < -0.4 is 10.5 Å². The number of aromatic nitrogens is 2. The second-order valence-corrected chi connectivity index (χ2v) is 4.69. The van der Waals surface area contributed by atoms with Gasteiger partial charge in [-0.05, 0) is 18.6 Å². The maximum atomic E-state index is 5.86. The zero-order valence-corrected chi connectivity index (χ0v) is 11.7. The summed E-state index contributed by atoms with van der Waals surface area (Å²) >= 11 is 0. The molecule has 4 nitrogen and oxygen atoms in total. The van der Waals surface area contributed by atoms with Crippen molar-refractivity contribution >= 4 is 5.82 Å². The molecule has 3 rings (SSSR count). The van der Waals surface area contributed by atoms with Gasteiger partial charge in [-0.1, -0.05) is 48.5 Å². The second-order valence-electron chi connectivity index (χ2n) is 4.69. The molecule has 4 heteroatoms. The van der Waals surface area contributed by atoms with E-state index in [1.54, 1.807) is 6.07 Å². The van der Waals surface area contributed by atoms with Crippen LogP contribution in [-0.4, -0.2) is 9.97 Å². The van der Waals surface area contributed by atoms with Crippen LogP contribution in [0.5, 0.6) is 11.6 Å². The van der Waals surface area contributed by atoms with E-state index < -0.39 is 0 Å². The van der Waals surface area contributed by atoms with Crippen molar-refractivity contribution in [3.63, 3.8) is 0 Å². The number of anilines is 1. The minimum Gasteiger partial charge on any atom is -0.439 e. The third-order valence-electron chi connectivity index (χ3n) is 3.06. The molecule has 0 atom stereocenters. The monoisotopic (exact) mass is 277 g/mol. The molecule has 0 spiro atoms. The van der Waals surface area contributed by atoms with E-state index in [0.717, 1.165) is 16.9 Å². The number of nitrogen functional groups attached to an aromatic ring is 1. The molecule has 0 amide bonds. The van der Waals surface area contributed by atoms with Crippen molar-refractivity contribution in [2.75, 3.05) is 5.73 Å². The number of nitrogens with zero attached hydrogens (tertiary/aromatic N) is 2. The predicted octanol–water partition coefficient (Wildman–Crippen LogP) is 3.83. The fraction of sp³-hybridized carbons (Fsp3) is 0.0588. The summed E-state index contributed by atoms with van der Waals surface area (Å²) < 4.78 is 5.82. The van der Waals surface area contributed by atoms with Gasteiger partial charge < -0.3 is 10.5 Å². The first-order valence-corrected chi connectivity index (χ1v) is 6.66. The number of rotatable bonds is 3. The maximum absolute atomic E-state index is 5.86. The highest BCUT2D eigenvalue weighted by Crippen LogP contribution is 2.26. The highest BCUT2D eigenvalue weighted by molar-refractivity contribution is 5.57. The number of hydrogen-bond acceptors (Lipinski definition) is 4. The molecule has 0 bridgehead atoms. The summed E-state index contributed by atoms with van der Waals surface area (Å²) in [6.07, 6.45) is 0. The summed E-state index contributed by atoms with van der Waals surface area (Å²) in [6, 6.07) is 19.1. The minimum atomic E-state index is 0.382. The van der Waals surface area contributed by atoms with E-state index in [-0.39, 0.29) is 0 Å². The van der Waals surface area contributed by atoms with Gasteiger partial charge in [-0.3, -0.25) is 0 Å². The Kier molecular flexibility index (Phi) is 3.51. The zero-order valence-electron chi connectivity index (χ0n) is 11.7. The molecule has 104 valence electrons. The predicted molar refractivity (Wildman–Crippen MR) is 83.1 cm³/mol. The fourth-order valence-electron chi connectivity index (χ4n) is 1.99. The van der Waals surface area contributed by atoms with Gasteiger partial charge in [0.2, 0.25) is 5.88 Å². The quantitative estimate of drug-likeness (QED) is 0.790. The zero-order chi connectivity index (χ0) is 14.7. The molecule has 3 aromatic rings. The van der Waals surface area contributed by atoms with Crippen LogP contribution in [0.15, 0.2) is 60.7 Å². The summed E-state index contributed by atoms with van der Waals surface area (Å²) in [5, 5.41) is 0. The number of nitrogens with two attached hydrogens (primary N) is 1. The Morgan fingerprint density at radius 2 is 1.62 bits per heavy atom. The van der Waals surface area contributed by atoms with E-state index in [2.05, 4.69) is 9.97 Å². The molecule has 0 radical (unpaired) electrons. The minimum absolute atomic E-state index is 0.382. The van der Waals surface area contributed by atoms with Gasteiger partial charge in [0.25, 0.3) is 0 Å². The van der Waals surface area contributed by atoms with Crippen molar-refractivity contribution in [3.8, 4) is 23.0 Å². The highest BCUT2D eigenvalue weighted by atomic mass is 16.5. The van der Waals surface area contributed by atoms with Crippen molar-refractivity contribution in [1.82, 2.24) is 9.97 Å². The molecule has 0 aliphatic carbocycles. The summed E-state index contributed by atoms with van der Waals surface area (Å²) in [6.45, 7) is 1.98. The molecular formula is C17H15N3O. The van der Waals surface area contributed by atoms with Crippen LogP contribution in [0.25, 0.3) is 11.4 Å². The largest absolute Gasteiger partial charge is 0.439 e. The Bertz CT molecular complexity index is 757. The first kappa shape index (κ1) is 13.1. The molecule has 0 saturated heterocycles. The summed E-state index contributed by atoms with van der Waals surface area (Å²) in [4.78, 5) is 8.68. The first-order chi connectivity index (χ1) is 10.2. The molecule has 0 fully saturated rings. The van der Waals surface area contributed by atoms with Crippen LogP contribution in [0.2, 0.25) is 0 Å². The molecule has 0 saturated carbocycles. The number of para-hydroxylation sites is 1. The summed E-state index contributed by atoms with van der Waals surface area (Å²) in [7, 11) is 0. The topological polar surface area (TPSA) is 61.0 Å². The lowest BCUT2D eigenvalue weighted by molar-refractivity contribution is 0.459. The molecule has 2 N–H and O–H groups in total. The van der Waals surface area contributed by atoms with Crippen LogP contribution in [0, 0.1) is 6.92 Å². The molecule has 2 aromatic carbocycles. The van der Waals surface area contributed by atoms with E-state index >= 15 is 0 Å². The Morgan fingerprint density at radius 1 is 0.905 bits per heavy atom. The van der Waals surface area contributed by atoms with E-state index in [9.17, 15) is 0 Å². The average molecular weight is 277 g/mol. The van der Waals surface area contributed by atoms with Crippen LogP contribution in [0.1, 0.15) is 5.56 Å².